The van der Waals surface area contributed by atoms with Crippen LogP contribution in [-0.2, 0) is 58.8 Å². The number of rotatable bonds is 39. The Kier molecular flexibility index (Phi) is 36.0. The van der Waals surface area contributed by atoms with E-state index < -0.39 is 104 Å². The van der Waals surface area contributed by atoms with E-state index >= 15 is 0 Å². The monoisotopic (exact) mass is 1290 g/mol. The molecule has 2 aliphatic rings. The number of aliphatic carboxylic acids is 2. The zero-order chi connectivity index (χ0) is 63.8. The maximum atomic E-state index is 13.8. The number of nitrogens with one attached hydrogen (secondary N) is 4. The van der Waals surface area contributed by atoms with Crippen molar-refractivity contribution in [3.8, 4) is 5.75 Å². The third-order valence-electron chi connectivity index (χ3n) is 14.1. The van der Waals surface area contributed by atoms with Gasteiger partial charge in [0, 0.05) is 109 Å². The third-order valence-corrected chi connectivity index (χ3v) is 17.3. The summed E-state index contributed by atoms with van der Waals surface area (Å²) in [4.78, 5) is 83.8. The van der Waals surface area contributed by atoms with Crippen molar-refractivity contribution in [2.24, 2.45) is 5.92 Å². The number of carbonyl (C=O) groups is 6. The molecule has 1 saturated carbocycles. The number of amides is 4. The lowest BCUT2D eigenvalue weighted by atomic mass is 9.83. The summed E-state index contributed by atoms with van der Waals surface area (Å²) in [6, 6.07) is 2.10. The molecule has 1 saturated heterocycles. The summed E-state index contributed by atoms with van der Waals surface area (Å²) < 4.78 is 110. The fraction of sp³-hybridized carbons (Fsp3) is 0.769. The maximum absolute atomic E-state index is 13.8. The molecule has 1 aromatic rings. The highest BCUT2D eigenvalue weighted by Crippen LogP contribution is 2.51. The zero-order valence-corrected chi connectivity index (χ0v) is 51.8. The van der Waals surface area contributed by atoms with E-state index in [0.717, 1.165) is 0 Å². The van der Waals surface area contributed by atoms with E-state index in [1.165, 1.54) is 0 Å². The minimum atomic E-state index is -4.60. The van der Waals surface area contributed by atoms with Crippen LogP contribution in [0.1, 0.15) is 63.0 Å². The molecule has 3 rings (SSSR count). The average molecular weight is 1290 g/mol. The van der Waals surface area contributed by atoms with Gasteiger partial charge in [-0.25, -0.2) is 0 Å². The SMILES string of the molecule is CCN1CCN(CC(=O)O)CCN(CC(=O)O)CCN(CC(=O)N[C@H](CCC(=O)NCCOC2CC(CS(O)(O)O)C(O)C(S(O)(O)O)C2O)C(=O)NCCCOCCOCCOCCCNC(=O)CCCOc2cc(C)c(S(=O)[O-])c(C)c2)CC1. The van der Waals surface area contributed by atoms with Crippen LogP contribution in [0.15, 0.2) is 17.0 Å². The van der Waals surface area contributed by atoms with Crippen LogP contribution < -0.4 is 26.0 Å². The first kappa shape index (κ1) is 76.3. The van der Waals surface area contributed by atoms with Gasteiger partial charge in [0.15, 0.2) is 0 Å². The van der Waals surface area contributed by atoms with Crippen molar-refractivity contribution in [3.05, 3.63) is 23.3 Å². The molecule has 0 bridgehead atoms. The number of carbonyl (C=O) groups excluding carboxylic acids is 4. The molecular weight excluding hydrogens is 1200 g/mol. The summed E-state index contributed by atoms with van der Waals surface area (Å²) in [6.45, 7) is 10.3. The number of aliphatic hydroxyl groups is 2. The summed E-state index contributed by atoms with van der Waals surface area (Å²) in [5.74, 6) is -5.45. The molecule has 1 aromatic carbocycles. The number of benzene rings is 1. The number of aliphatic hydroxyl groups excluding tert-OH is 2. The first-order chi connectivity index (χ1) is 40.7. The van der Waals surface area contributed by atoms with Gasteiger partial charge < -0.3 is 102 Å². The van der Waals surface area contributed by atoms with Gasteiger partial charge in [-0.05, 0) is 86.8 Å². The van der Waals surface area contributed by atoms with Crippen LogP contribution in [0.2, 0.25) is 0 Å². The van der Waals surface area contributed by atoms with Crippen LogP contribution in [0.4, 0.5) is 0 Å². The van der Waals surface area contributed by atoms with E-state index in [2.05, 4.69) is 26.2 Å². The number of carboxylic acids is 2. The second-order valence-electron chi connectivity index (χ2n) is 21.0. The highest BCUT2D eigenvalue weighted by molar-refractivity contribution is 8.20. The highest BCUT2D eigenvalue weighted by atomic mass is 32.3. The average Bonchev–Trinajstić information content (AvgIpc) is 1.12. The molecule has 0 aromatic heterocycles. The Morgan fingerprint density at radius 2 is 1.13 bits per heavy atom. The van der Waals surface area contributed by atoms with Crippen molar-refractivity contribution < 1.29 is 109 Å². The van der Waals surface area contributed by atoms with Crippen molar-refractivity contribution >= 4 is 68.4 Å². The van der Waals surface area contributed by atoms with Crippen molar-refractivity contribution in [3.63, 3.8) is 0 Å². The van der Waals surface area contributed by atoms with Crippen molar-refractivity contribution in [2.45, 2.75) is 100 Å². The standard InChI is InChI=1S/C52H94N8O23S3/c1-4-57-14-16-58(18-19-60(35-47(66)67)21-20-59(17-15-57)34-46(64)65)33-45(63)56-41(9-10-44(62)54-13-25-83-42-32-39(36-85(73,74)75)48(68)51(49(42)69)86(76,77)78)52(70)55-12-7-23-80-27-29-81-28-26-79-22-6-11-53-43(61)8-5-24-82-40-30-37(2)50(84(71)72)38(3)31-40/h30-31,39,41-42,48-49,51,68-69,73-78H,4-29,32-36H2,1-3H3,(H,53,61)(H,54,62)(H,55,70)(H,56,63)(H,64,65)(H,66,67)(H,71,72)/p-1/t39?,41-,42?,48?,49?,51?/m1/s1. The van der Waals surface area contributed by atoms with Crippen LogP contribution in [0.3, 0.4) is 0 Å². The molecule has 7 atom stereocenters. The van der Waals surface area contributed by atoms with Gasteiger partial charge in [-0.2, -0.15) is 0 Å². The van der Waals surface area contributed by atoms with Crippen molar-refractivity contribution in [2.75, 3.05) is 157 Å². The quantitative estimate of drug-likeness (QED) is 0.0292. The fourth-order valence-electron chi connectivity index (χ4n) is 9.70. The van der Waals surface area contributed by atoms with Gasteiger partial charge in [-0.1, -0.05) is 6.92 Å². The lowest BCUT2D eigenvalue weighted by Crippen LogP contribution is -2.57. The molecule has 86 heavy (non-hydrogen) atoms. The molecule has 31 nitrogen and oxygen atoms in total. The molecule has 6 unspecified atom stereocenters. The van der Waals surface area contributed by atoms with Crippen molar-refractivity contribution in [1.29, 1.82) is 0 Å². The molecule has 2 fully saturated rings. The van der Waals surface area contributed by atoms with Crippen molar-refractivity contribution in [1.82, 2.24) is 40.9 Å². The molecule has 14 N–H and O–H groups in total. The second kappa shape index (κ2) is 40.6. The van der Waals surface area contributed by atoms with Gasteiger partial charge in [-0.15, -0.1) is 0 Å². The Labute approximate surface area is 508 Å². The van der Waals surface area contributed by atoms with Gasteiger partial charge >= 0.3 is 11.9 Å². The summed E-state index contributed by atoms with van der Waals surface area (Å²) in [5, 5.41) is 49.4. The number of likely N-dealkylation sites (N-methyl/N-ethyl adjacent to an activating group) is 1. The van der Waals surface area contributed by atoms with E-state index in [1.54, 1.807) is 35.8 Å². The molecule has 1 aliphatic heterocycles. The lowest BCUT2D eigenvalue weighted by molar-refractivity contribution is -0.140. The molecule has 0 spiro atoms. The molecule has 1 heterocycles. The largest absolute Gasteiger partial charge is 0.768 e. The molecular formula is C52H93N8O23S3-. The van der Waals surface area contributed by atoms with Gasteiger partial charge in [0.1, 0.15) is 17.0 Å². The Hall–Kier alpha value is -3.99. The summed E-state index contributed by atoms with van der Waals surface area (Å²) >= 11 is -2.34. The number of carboxylic acid groups (broad SMARTS) is 2. The third kappa shape index (κ3) is 31.5. The number of ether oxygens (including phenoxy) is 5. The fourth-order valence-corrected chi connectivity index (χ4v) is 12.4. The number of hydrogen-bond donors (Lipinski definition) is 14. The van der Waals surface area contributed by atoms with Crippen LogP contribution in [-0.4, -0.2) is 298 Å². The smallest absolute Gasteiger partial charge is 0.317 e. The van der Waals surface area contributed by atoms with E-state index in [4.69, 9.17) is 23.7 Å². The summed E-state index contributed by atoms with van der Waals surface area (Å²) in [7, 11) is -8.80. The minimum Gasteiger partial charge on any atom is -0.768 e. The van der Waals surface area contributed by atoms with Gasteiger partial charge in [-0.3, -0.25) is 47.7 Å². The normalized spacial score (nSPS) is 21.0. The summed E-state index contributed by atoms with van der Waals surface area (Å²) in [6.07, 6.45) is -4.08. The Bertz CT molecular complexity index is 2230. The van der Waals surface area contributed by atoms with Crippen LogP contribution in [0.5, 0.6) is 5.75 Å². The van der Waals surface area contributed by atoms with Gasteiger partial charge in [0.2, 0.25) is 23.6 Å². The van der Waals surface area contributed by atoms with E-state index in [1.807, 2.05) is 11.8 Å². The second-order valence-corrected chi connectivity index (χ2v) is 25.2. The van der Waals surface area contributed by atoms with E-state index in [-0.39, 0.29) is 115 Å². The van der Waals surface area contributed by atoms with Gasteiger partial charge in [0.05, 0.1) is 105 Å². The molecule has 0 radical (unpaired) electrons. The minimum absolute atomic E-state index is 0.125. The predicted octanol–water partition coefficient (Wildman–Crippen LogP) is -0.503. The van der Waals surface area contributed by atoms with Crippen LogP contribution >= 0.6 is 21.7 Å². The number of aryl methyl sites for hydroxylation is 2. The first-order valence-corrected chi connectivity index (χ1v) is 32.9. The predicted molar refractivity (Wildman–Crippen MR) is 316 cm³/mol. The molecule has 498 valence electrons. The summed E-state index contributed by atoms with van der Waals surface area (Å²) in [5.41, 5.74) is 1.17. The zero-order valence-electron chi connectivity index (χ0n) is 49.3. The number of nitrogens with zero attached hydrogens (tertiary/aromatic N) is 4. The Morgan fingerprint density at radius 1 is 0.640 bits per heavy atom. The lowest BCUT2D eigenvalue weighted by Gasteiger charge is -2.47. The van der Waals surface area contributed by atoms with E-state index in [9.17, 15) is 85.3 Å². The van der Waals surface area contributed by atoms with Crippen LogP contribution in [0, 0.1) is 19.8 Å². The number of hydrogen-bond acceptors (Lipinski definition) is 25. The Morgan fingerprint density at radius 3 is 1.63 bits per heavy atom. The molecule has 4 amide bonds. The van der Waals surface area contributed by atoms with Crippen LogP contribution in [0.25, 0.3) is 0 Å². The maximum Gasteiger partial charge on any atom is 0.317 e. The Balaban J connectivity index is 1.46. The van der Waals surface area contributed by atoms with E-state index in [0.29, 0.717) is 108 Å². The molecule has 34 heteroatoms. The topological polar surface area (TPSA) is 452 Å². The first-order valence-electron chi connectivity index (χ1n) is 28.6. The van der Waals surface area contributed by atoms with Gasteiger partial charge in [0.25, 0.3) is 0 Å². The highest BCUT2D eigenvalue weighted by Gasteiger charge is 2.52. The molecule has 1 aliphatic carbocycles.